The van der Waals surface area contributed by atoms with Crippen molar-refractivity contribution in [2.75, 3.05) is 0 Å². The van der Waals surface area contributed by atoms with Crippen molar-refractivity contribution in [3.63, 3.8) is 0 Å². The Balaban J connectivity index is 0.00000156. The van der Waals surface area contributed by atoms with Gasteiger partial charge in [0.25, 0.3) is 5.56 Å². The van der Waals surface area contributed by atoms with Gasteiger partial charge in [-0.1, -0.05) is 30.3 Å². The summed E-state index contributed by atoms with van der Waals surface area (Å²) in [4.78, 5) is 19.9. The highest BCUT2D eigenvalue weighted by Crippen LogP contribution is 2.12. The van der Waals surface area contributed by atoms with Gasteiger partial charge in [0.15, 0.2) is 0 Å². The second-order valence-electron chi connectivity index (χ2n) is 5.17. The molecule has 0 aliphatic heterocycles. The zero-order chi connectivity index (χ0) is 14.9. The summed E-state index contributed by atoms with van der Waals surface area (Å²) in [6.45, 7) is 0. The van der Waals surface area contributed by atoms with Crippen LogP contribution >= 0.6 is 12.4 Å². The molecule has 0 atom stereocenters. The molecule has 0 fully saturated rings. The number of rotatable bonds is 3. The van der Waals surface area contributed by atoms with Crippen molar-refractivity contribution in [3.05, 3.63) is 82.5 Å². The Kier molecular flexibility index (Phi) is 4.04. The molecule has 4 aromatic rings. The third-order valence-electron chi connectivity index (χ3n) is 3.58. The highest BCUT2D eigenvalue weighted by molar-refractivity contribution is 5.85. The van der Waals surface area contributed by atoms with E-state index in [1.807, 2.05) is 54.6 Å². The highest BCUT2D eigenvalue weighted by atomic mass is 35.5. The number of nitrogens with zero attached hydrogens (tertiary/aromatic N) is 2. The largest absolute Gasteiger partial charge is 0.342 e. The normalized spacial score (nSPS) is 10.6. The summed E-state index contributed by atoms with van der Waals surface area (Å²) in [5.41, 5.74) is 3.51. The maximum atomic E-state index is 12.1. The summed E-state index contributed by atoms with van der Waals surface area (Å²) >= 11 is 0. The third kappa shape index (κ3) is 2.91. The van der Waals surface area contributed by atoms with E-state index >= 15 is 0 Å². The molecule has 6 heteroatoms. The topological polar surface area (TPSA) is 66.5 Å². The van der Waals surface area contributed by atoms with Crippen LogP contribution in [0.1, 0.15) is 11.5 Å². The molecule has 0 unspecified atom stereocenters. The van der Waals surface area contributed by atoms with E-state index in [9.17, 15) is 4.79 Å². The van der Waals surface area contributed by atoms with Gasteiger partial charge < -0.3 is 4.98 Å². The number of imidazole rings is 1. The Morgan fingerprint density at radius 3 is 2.52 bits per heavy atom. The van der Waals surface area contributed by atoms with E-state index in [0.717, 1.165) is 28.2 Å². The SMILES string of the molecule is Cl.O=c1cc(Cc2nc3ccccc3[nH]2)[nH]n1-c1ccccc1. The first-order valence-electron chi connectivity index (χ1n) is 7.09. The molecule has 2 N–H and O–H groups in total. The van der Waals surface area contributed by atoms with E-state index in [2.05, 4.69) is 15.1 Å². The standard InChI is InChI=1S/C17H14N4O.ClH/c22-17-11-12(20-21(17)13-6-2-1-3-7-13)10-16-18-14-8-4-5-9-15(14)19-16;/h1-9,11,20H,10H2,(H,18,19);1H. The monoisotopic (exact) mass is 326 g/mol. The lowest BCUT2D eigenvalue weighted by molar-refractivity contribution is 0.818. The van der Waals surface area contributed by atoms with Crippen LogP contribution in [0.4, 0.5) is 0 Å². The minimum Gasteiger partial charge on any atom is -0.342 e. The number of halogens is 1. The molecule has 0 bridgehead atoms. The van der Waals surface area contributed by atoms with Gasteiger partial charge in [0.1, 0.15) is 5.82 Å². The van der Waals surface area contributed by atoms with Crippen molar-refractivity contribution in [3.8, 4) is 5.69 Å². The molecule has 5 nitrogen and oxygen atoms in total. The predicted octanol–water partition coefficient (Wildman–Crippen LogP) is 3.05. The highest BCUT2D eigenvalue weighted by Gasteiger charge is 2.08. The Hall–Kier alpha value is -2.79. The van der Waals surface area contributed by atoms with E-state index < -0.39 is 0 Å². The fraction of sp³-hybridized carbons (Fsp3) is 0.0588. The van der Waals surface area contributed by atoms with E-state index in [1.54, 1.807) is 6.07 Å². The van der Waals surface area contributed by atoms with E-state index in [4.69, 9.17) is 0 Å². The number of aromatic amines is 2. The summed E-state index contributed by atoms with van der Waals surface area (Å²) in [6, 6.07) is 19.0. The number of hydrogen-bond acceptors (Lipinski definition) is 2. The number of para-hydroxylation sites is 3. The molecule has 2 aromatic heterocycles. The number of fused-ring (bicyclic) bond motifs is 1. The maximum absolute atomic E-state index is 12.1. The van der Waals surface area contributed by atoms with Crippen molar-refractivity contribution < 1.29 is 0 Å². The smallest absolute Gasteiger partial charge is 0.271 e. The predicted molar refractivity (Wildman–Crippen MR) is 92.5 cm³/mol. The zero-order valence-corrected chi connectivity index (χ0v) is 13.0. The molecule has 0 saturated carbocycles. The molecule has 2 heterocycles. The van der Waals surface area contributed by atoms with Crippen LogP contribution in [0.2, 0.25) is 0 Å². The fourth-order valence-electron chi connectivity index (χ4n) is 2.57. The van der Waals surface area contributed by atoms with Crippen LogP contribution in [0.15, 0.2) is 65.5 Å². The van der Waals surface area contributed by atoms with Crippen LogP contribution < -0.4 is 5.56 Å². The van der Waals surface area contributed by atoms with Crippen molar-refractivity contribution in [1.82, 2.24) is 19.7 Å². The Morgan fingerprint density at radius 2 is 1.74 bits per heavy atom. The summed E-state index contributed by atoms with van der Waals surface area (Å²) < 4.78 is 1.54. The Labute approximate surface area is 138 Å². The van der Waals surface area contributed by atoms with Crippen LogP contribution in [-0.4, -0.2) is 19.7 Å². The first-order chi connectivity index (χ1) is 10.8. The lowest BCUT2D eigenvalue weighted by Gasteiger charge is -2.00. The van der Waals surface area contributed by atoms with Crippen LogP contribution in [0.5, 0.6) is 0 Å². The van der Waals surface area contributed by atoms with Crippen molar-refractivity contribution >= 4 is 23.4 Å². The van der Waals surface area contributed by atoms with E-state index in [-0.39, 0.29) is 18.0 Å². The molecule has 0 saturated heterocycles. The minimum absolute atomic E-state index is 0. The van der Waals surface area contributed by atoms with Gasteiger partial charge in [-0.15, -0.1) is 12.4 Å². The van der Waals surface area contributed by atoms with E-state index in [0.29, 0.717) is 6.42 Å². The molecular weight excluding hydrogens is 312 g/mol. The van der Waals surface area contributed by atoms with Gasteiger partial charge in [0.05, 0.1) is 16.7 Å². The van der Waals surface area contributed by atoms with Crippen molar-refractivity contribution in [2.45, 2.75) is 6.42 Å². The van der Waals surface area contributed by atoms with Crippen molar-refractivity contribution in [1.29, 1.82) is 0 Å². The average molecular weight is 327 g/mol. The maximum Gasteiger partial charge on any atom is 0.271 e. The summed E-state index contributed by atoms with van der Waals surface area (Å²) in [5.74, 6) is 0.836. The number of aromatic nitrogens is 4. The molecule has 0 amide bonds. The number of hydrogen-bond donors (Lipinski definition) is 2. The van der Waals surface area contributed by atoms with Gasteiger partial charge in [-0.3, -0.25) is 9.89 Å². The molecular formula is C17H15ClN4O. The first-order valence-corrected chi connectivity index (χ1v) is 7.09. The van der Waals surface area contributed by atoms with Gasteiger partial charge in [0.2, 0.25) is 0 Å². The molecule has 4 rings (SSSR count). The summed E-state index contributed by atoms with van der Waals surface area (Å²) in [7, 11) is 0. The van der Waals surface area contributed by atoms with Crippen LogP contribution in [0.3, 0.4) is 0 Å². The second kappa shape index (κ2) is 6.14. The van der Waals surface area contributed by atoms with Crippen LogP contribution in [0, 0.1) is 0 Å². The molecule has 0 aliphatic carbocycles. The minimum atomic E-state index is -0.0719. The van der Waals surface area contributed by atoms with E-state index in [1.165, 1.54) is 4.68 Å². The molecule has 0 radical (unpaired) electrons. The van der Waals surface area contributed by atoms with Crippen LogP contribution in [-0.2, 0) is 6.42 Å². The van der Waals surface area contributed by atoms with Gasteiger partial charge in [0, 0.05) is 18.2 Å². The number of nitrogens with one attached hydrogen (secondary N) is 2. The van der Waals surface area contributed by atoms with Crippen molar-refractivity contribution in [2.24, 2.45) is 0 Å². The zero-order valence-electron chi connectivity index (χ0n) is 12.2. The van der Waals surface area contributed by atoms with Gasteiger partial charge >= 0.3 is 0 Å². The van der Waals surface area contributed by atoms with Crippen LogP contribution in [0.25, 0.3) is 16.7 Å². The first kappa shape index (κ1) is 15.1. The Bertz CT molecular complexity index is 951. The Morgan fingerprint density at radius 1 is 1.00 bits per heavy atom. The molecule has 0 spiro atoms. The molecule has 0 aliphatic rings. The molecule has 23 heavy (non-hydrogen) atoms. The fourth-order valence-corrected chi connectivity index (χ4v) is 2.57. The van der Waals surface area contributed by atoms with Gasteiger partial charge in [-0.05, 0) is 24.3 Å². The molecule has 116 valence electrons. The quantitative estimate of drug-likeness (QED) is 0.607. The number of benzene rings is 2. The van der Waals surface area contributed by atoms with Gasteiger partial charge in [-0.2, -0.15) is 0 Å². The number of H-pyrrole nitrogens is 2. The lowest BCUT2D eigenvalue weighted by Crippen LogP contribution is -2.12. The molecule has 2 aromatic carbocycles. The second-order valence-corrected chi connectivity index (χ2v) is 5.17. The lowest BCUT2D eigenvalue weighted by atomic mass is 10.3. The average Bonchev–Trinajstić information content (AvgIpc) is 3.11. The third-order valence-corrected chi connectivity index (χ3v) is 3.58. The van der Waals surface area contributed by atoms with Gasteiger partial charge in [-0.25, -0.2) is 9.67 Å². The summed E-state index contributed by atoms with van der Waals surface area (Å²) in [6.07, 6.45) is 0.559. The summed E-state index contributed by atoms with van der Waals surface area (Å²) in [5, 5.41) is 3.13.